The van der Waals surface area contributed by atoms with E-state index < -0.39 is 17.7 Å². The zero-order valence-electron chi connectivity index (χ0n) is 10.9. The molecule has 0 saturated carbocycles. The number of aromatic nitrogens is 1. The average molecular weight is 278 g/mol. The Morgan fingerprint density at radius 2 is 1.95 bits per heavy atom. The summed E-state index contributed by atoms with van der Waals surface area (Å²) in [7, 11) is 2.92. The lowest BCUT2D eigenvalue weighted by atomic mass is 10.2. The molecule has 0 saturated heterocycles. The van der Waals surface area contributed by atoms with Gasteiger partial charge in [0.25, 0.3) is 5.91 Å². The minimum absolute atomic E-state index is 0.383. The van der Waals surface area contributed by atoms with Gasteiger partial charge in [-0.2, -0.15) is 4.39 Å². The Kier molecular flexibility index (Phi) is 3.93. The summed E-state index contributed by atoms with van der Waals surface area (Å²) in [5.41, 5.74) is 0.0718. The number of carbonyl (C=O) groups is 1. The first kappa shape index (κ1) is 13.9. The first-order valence-corrected chi connectivity index (χ1v) is 5.77. The average Bonchev–Trinajstić information content (AvgIpc) is 2.48. The van der Waals surface area contributed by atoms with Gasteiger partial charge >= 0.3 is 0 Å². The molecule has 0 aliphatic heterocycles. The van der Waals surface area contributed by atoms with E-state index >= 15 is 0 Å². The quantitative estimate of drug-likeness (QED) is 0.811. The molecule has 0 atom stereocenters. The van der Waals surface area contributed by atoms with Crippen LogP contribution in [0.4, 0.5) is 14.5 Å². The summed E-state index contributed by atoms with van der Waals surface area (Å²) in [5, 5.41) is 0. The minimum Gasteiger partial charge on any atom is -0.495 e. The molecule has 1 heterocycles. The van der Waals surface area contributed by atoms with E-state index in [1.54, 1.807) is 24.3 Å². The van der Waals surface area contributed by atoms with Gasteiger partial charge in [-0.15, -0.1) is 0 Å². The molecule has 0 unspecified atom stereocenters. The van der Waals surface area contributed by atoms with Crippen molar-refractivity contribution in [1.29, 1.82) is 0 Å². The van der Waals surface area contributed by atoms with E-state index in [-0.39, 0.29) is 5.56 Å². The van der Waals surface area contributed by atoms with Gasteiger partial charge in [0.15, 0.2) is 5.82 Å². The number of nitrogens with zero attached hydrogens (tertiary/aromatic N) is 2. The molecule has 2 aromatic rings. The zero-order chi connectivity index (χ0) is 14.7. The largest absolute Gasteiger partial charge is 0.495 e. The van der Waals surface area contributed by atoms with Crippen LogP contribution in [0.3, 0.4) is 0 Å². The Hall–Kier alpha value is -2.50. The summed E-state index contributed by atoms with van der Waals surface area (Å²) in [4.78, 5) is 16.6. The van der Waals surface area contributed by atoms with Crippen molar-refractivity contribution in [1.82, 2.24) is 4.98 Å². The van der Waals surface area contributed by atoms with Gasteiger partial charge in [0.1, 0.15) is 5.75 Å². The molecule has 0 aliphatic rings. The monoisotopic (exact) mass is 278 g/mol. The van der Waals surface area contributed by atoms with E-state index in [9.17, 15) is 13.6 Å². The highest BCUT2D eigenvalue weighted by Gasteiger charge is 2.22. The van der Waals surface area contributed by atoms with Gasteiger partial charge in [0, 0.05) is 13.2 Å². The van der Waals surface area contributed by atoms with Crippen molar-refractivity contribution in [3.63, 3.8) is 0 Å². The maximum absolute atomic E-state index is 13.6. The van der Waals surface area contributed by atoms with Gasteiger partial charge in [-0.05, 0) is 18.2 Å². The van der Waals surface area contributed by atoms with Gasteiger partial charge < -0.3 is 9.64 Å². The highest BCUT2D eigenvalue weighted by molar-refractivity contribution is 6.06. The fourth-order valence-corrected chi connectivity index (χ4v) is 1.78. The molecule has 0 aliphatic carbocycles. The van der Waals surface area contributed by atoms with Crippen LogP contribution in [0.1, 0.15) is 10.4 Å². The highest BCUT2D eigenvalue weighted by atomic mass is 19.2. The van der Waals surface area contributed by atoms with E-state index in [0.717, 1.165) is 12.3 Å². The number of rotatable bonds is 3. The lowest BCUT2D eigenvalue weighted by Gasteiger charge is -2.20. The van der Waals surface area contributed by atoms with E-state index in [4.69, 9.17) is 4.74 Å². The fourth-order valence-electron chi connectivity index (χ4n) is 1.78. The van der Waals surface area contributed by atoms with Gasteiger partial charge in [0.05, 0.1) is 18.4 Å². The molecule has 1 aromatic heterocycles. The summed E-state index contributed by atoms with van der Waals surface area (Å²) in [6.45, 7) is 0. The van der Waals surface area contributed by atoms with Crippen LogP contribution in [-0.2, 0) is 0 Å². The standard InChI is InChI=1S/C14H12F2N2O2/c1-18(10-5-3-4-6-11(10)20-2)14(19)9-7-8-17-13(16)12(9)15/h3-8H,1-2H3. The van der Waals surface area contributed by atoms with E-state index in [2.05, 4.69) is 4.98 Å². The Morgan fingerprint density at radius 3 is 2.65 bits per heavy atom. The van der Waals surface area contributed by atoms with Crippen LogP contribution in [0.2, 0.25) is 0 Å². The van der Waals surface area contributed by atoms with Crippen LogP contribution in [0.25, 0.3) is 0 Å². The number of anilines is 1. The van der Waals surface area contributed by atoms with Crippen LogP contribution in [0.15, 0.2) is 36.5 Å². The van der Waals surface area contributed by atoms with Crippen molar-refractivity contribution in [2.45, 2.75) is 0 Å². The van der Waals surface area contributed by atoms with Gasteiger partial charge in [-0.3, -0.25) is 4.79 Å². The summed E-state index contributed by atoms with van der Waals surface area (Å²) < 4.78 is 31.8. The second-order valence-corrected chi connectivity index (χ2v) is 4.00. The van der Waals surface area contributed by atoms with Gasteiger partial charge in [-0.25, -0.2) is 9.37 Å². The SMILES string of the molecule is COc1ccccc1N(C)C(=O)c1ccnc(F)c1F. The van der Waals surface area contributed by atoms with Crippen LogP contribution < -0.4 is 9.64 Å². The number of hydrogen-bond acceptors (Lipinski definition) is 3. The van der Waals surface area contributed by atoms with Crippen molar-refractivity contribution in [2.24, 2.45) is 0 Å². The first-order valence-electron chi connectivity index (χ1n) is 5.77. The summed E-state index contributed by atoms with van der Waals surface area (Å²) in [6.07, 6.45) is 1.04. The van der Waals surface area contributed by atoms with Crippen molar-refractivity contribution >= 4 is 11.6 Å². The molecule has 6 heteroatoms. The number of hydrogen-bond donors (Lipinski definition) is 0. The second kappa shape index (κ2) is 5.64. The number of amides is 1. The molecular formula is C14H12F2N2O2. The number of ether oxygens (including phenoxy) is 1. The van der Waals surface area contributed by atoms with Crippen molar-refractivity contribution in [2.75, 3.05) is 19.1 Å². The first-order chi connectivity index (χ1) is 9.56. The summed E-state index contributed by atoms with van der Waals surface area (Å²) in [6, 6.07) is 7.90. The van der Waals surface area contributed by atoms with Crippen LogP contribution in [-0.4, -0.2) is 25.0 Å². The highest BCUT2D eigenvalue weighted by Crippen LogP contribution is 2.28. The van der Waals surface area contributed by atoms with Crippen molar-refractivity contribution in [3.05, 3.63) is 53.9 Å². The number of pyridine rings is 1. The predicted octanol–water partition coefficient (Wildman–Crippen LogP) is 2.65. The fraction of sp³-hybridized carbons (Fsp3) is 0.143. The Labute approximate surface area is 114 Å². The molecule has 0 N–H and O–H groups in total. The van der Waals surface area contributed by atoms with Crippen LogP contribution in [0, 0.1) is 11.8 Å². The van der Waals surface area contributed by atoms with E-state index in [0.29, 0.717) is 11.4 Å². The van der Waals surface area contributed by atoms with Crippen LogP contribution >= 0.6 is 0 Å². The number of para-hydroxylation sites is 2. The number of halogens is 2. The number of methoxy groups -OCH3 is 1. The third kappa shape index (κ3) is 2.45. The Morgan fingerprint density at radius 1 is 1.25 bits per heavy atom. The summed E-state index contributed by atoms with van der Waals surface area (Å²) >= 11 is 0. The van der Waals surface area contributed by atoms with Gasteiger partial charge in [0.2, 0.25) is 5.95 Å². The van der Waals surface area contributed by atoms with E-state index in [1.807, 2.05) is 0 Å². The molecule has 2 rings (SSSR count). The molecule has 4 nitrogen and oxygen atoms in total. The third-order valence-electron chi connectivity index (χ3n) is 2.83. The van der Waals surface area contributed by atoms with Crippen LogP contribution in [0.5, 0.6) is 5.75 Å². The van der Waals surface area contributed by atoms with Crippen molar-refractivity contribution in [3.8, 4) is 5.75 Å². The predicted molar refractivity (Wildman–Crippen MR) is 69.9 cm³/mol. The molecule has 0 radical (unpaired) electrons. The Bertz CT molecular complexity index is 647. The minimum atomic E-state index is -1.30. The van der Waals surface area contributed by atoms with E-state index in [1.165, 1.54) is 19.1 Å². The smallest absolute Gasteiger partial charge is 0.261 e. The zero-order valence-corrected chi connectivity index (χ0v) is 10.9. The van der Waals surface area contributed by atoms with Gasteiger partial charge in [-0.1, -0.05) is 12.1 Å². The number of benzene rings is 1. The molecule has 1 amide bonds. The molecule has 1 aromatic carbocycles. The third-order valence-corrected chi connectivity index (χ3v) is 2.83. The maximum Gasteiger partial charge on any atom is 0.261 e. The lowest BCUT2D eigenvalue weighted by Crippen LogP contribution is -2.28. The normalized spacial score (nSPS) is 10.2. The Balaban J connectivity index is 2.40. The molecule has 0 fully saturated rings. The molecular weight excluding hydrogens is 266 g/mol. The molecule has 0 spiro atoms. The topological polar surface area (TPSA) is 42.4 Å². The number of carbonyl (C=O) groups excluding carboxylic acids is 1. The second-order valence-electron chi connectivity index (χ2n) is 4.00. The van der Waals surface area contributed by atoms with Crippen molar-refractivity contribution < 1.29 is 18.3 Å². The molecule has 20 heavy (non-hydrogen) atoms. The summed E-state index contributed by atoms with van der Waals surface area (Å²) in [5.74, 6) is -2.80. The molecule has 104 valence electrons. The maximum atomic E-state index is 13.6. The molecule has 0 bridgehead atoms. The lowest BCUT2D eigenvalue weighted by molar-refractivity contribution is 0.0987.